The number of anilines is 1. The second-order valence-corrected chi connectivity index (χ2v) is 10.7. The summed E-state index contributed by atoms with van der Waals surface area (Å²) in [4.78, 5) is 13.5. The topological polar surface area (TPSA) is 66.5 Å². The van der Waals surface area contributed by atoms with Crippen LogP contribution in [0, 0.1) is 5.82 Å². The number of carbonyl (C=O) groups is 1. The Labute approximate surface area is 187 Å². The molecule has 0 fully saturated rings. The van der Waals surface area contributed by atoms with Crippen LogP contribution >= 0.6 is 34.7 Å². The van der Waals surface area contributed by atoms with Crippen LogP contribution in [0.15, 0.2) is 75.1 Å². The summed E-state index contributed by atoms with van der Waals surface area (Å²) in [7, 11) is -3.95. The van der Waals surface area contributed by atoms with Gasteiger partial charge in [0.05, 0.1) is 5.69 Å². The number of hydrogen-bond donors (Lipinski definition) is 1. The number of hydrogen-bond acceptors (Lipinski definition) is 5. The Morgan fingerprint density at radius 1 is 1.10 bits per heavy atom. The number of sulfonamides is 1. The third-order valence-electron chi connectivity index (χ3n) is 3.95. The molecule has 158 valence electrons. The summed E-state index contributed by atoms with van der Waals surface area (Å²) in [6, 6.07) is 15.4. The van der Waals surface area contributed by atoms with Gasteiger partial charge in [0.25, 0.3) is 10.0 Å². The Kier molecular flexibility index (Phi) is 7.76. The molecule has 1 amide bonds. The van der Waals surface area contributed by atoms with E-state index in [1.54, 1.807) is 35.3 Å². The molecule has 0 saturated carbocycles. The summed E-state index contributed by atoms with van der Waals surface area (Å²) >= 11 is 8.46. The van der Waals surface area contributed by atoms with Crippen LogP contribution in [0.5, 0.6) is 0 Å². The first-order valence-electron chi connectivity index (χ1n) is 8.83. The molecule has 1 N–H and O–H groups in total. The number of amides is 1. The SMILES string of the molecule is O=C(CN(c1ccc(F)cc1)S(=O)(=O)c1cccs1)NCCSc1ccc(Cl)cc1. The Morgan fingerprint density at radius 3 is 2.43 bits per heavy atom. The van der Waals surface area contributed by atoms with E-state index in [0.29, 0.717) is 17.3 Å². The van der Waals surface area contributed by atoms with Crippen molar-refractivity contribution in [2.45, 2.75) is 9.10 Å². The molecule has 0 saturated heterocycles. The first-order chi connectivity index (χ1) is 14.4. The van der Waals surface area contributed by atoms with Crippen molar-refractivity contribution >= 4 is 56.3 Å². The van der Waals surface area contributed by atoms with Crippen molar-refractivity contribution in [1.29, 1.82) is 0 Å². The van der Waals surface area contributed by atoms with Gasteiger partial charge in [-0.1, -0.05) is 17.7 Å². The van der Waals surface area contributed by atoms with Crippen molar-refractivity contribution in [3.63, 3.8) is 0 Å². The smallest absolute Gasteiger partial charge is 0.274 e. The highest BCUT2D eigenvalue weighted by atomic mass is 35.5. The fourth-order valence-corrected chi connectivity index (χ4v) is 5.94. The first kappa shape index (κ1) is 22.6. The summed E-state index contributed by atoms with van der Waals surface area (Å²) in [6.07, 6.45) is 0. The first-order valence-corrected chi connectivity index (χ1v) is 12.5. The third-order valence-corrected chi connectivity index (χ3v) is 8.36. The fraction of sp³-hybridized carbons (Fsp3) is 0.150. The number of nitrogens with one attached hydrogen (secondary N) is 1. The van der Waals surface area contributed by atoms with E-state index in [0.717, 1.165) is 32.7 Å². The number of nitrogens with zero attached hydrogens (tertiary/aromatic N) is 1. The van der Waals surface area contributed by atoms with Gasteiger partial charge < -0.3 is 5.32 Å². The van der Waals surface area contributed by atoms with Gasteiger partial charge in [-0.3, -0.25) is 9.10 Å². The molecule has 0 bridgehead atoms. The standard InChI is InChI=1S/C20H18ClFN2O3S3/c21-15-3-9-18(10-4-15)28-13-11-23-19(25)14-24(17-7-5-16(22)6-8-17)30(26,27)20-2-1-12-29-20/h1-10,12H,11,13-14H2,(H,23,25). The summed E-state index contributed by atoms with van der Waals surface area (Å²) < 4.78 is 40.4. The van der Waals surface area contributed by atoms with Gasteiger partial charge in [-0.25, -0.2) is 12.8 Å². The minimum Gasteiger partial charge on any atom is -0.354 e. The lowest BCUT2D eigenvalue weighted by Crippen LogP contribution is -2.41. The number of thioether (sulfide) groups is 1. The van der Waals surface area contributed by atoms with E-state index < -0.39 is 28.3 Å². The molecule has 5 nitrogen and oxygen atoms in total. The number of thiophene rings is 1. The van der Waals surface area contributed by atoms with Crippen LogP contribution in [-0.4, -0.2) is 33.2 Å². The highest BCUT2D eigenvalue weighted by Crippen LogP contribution is 2.26. The average Bonchev–Trinajstić information content (AvgIpc) is 3.27. The van der Waals surface area contributed by atoms with Crippen LogP contribution in [0.25, 0.3) is 0 Å². The van der Waals surface area contributed by atoms with Crippen LogP contribution in [0.3, 0.4) is 0 Å². The molecule has 0 unspecified atom stereocenters. The zero-order chi connectivity index (χ0) is 21.6. The average molecular weight is 485 g/mol. The molecule has 0 aliphatic heterocycles. The lowest BCUT2D eigenvalue weighted by atomic mass is 10.3. The molecule has 3 rings (SSSR count). The van der Waals surface area contributed by atoms with E-state index in [-0.39, 0.29) is 9.90 Å². The quantitative estimate of drug-likeness (QED) is 0.355. The fourth-order valence-electron chi connectivity index (χ4n) is 2.52. The highest BCUT2D eigenvalue weighted by Gasteiger charge is 2.28. The van der Waals surface area contributed by atoms with Gasteiger partial charge in [0.2, 0.25) is 5.91 Å². The maximum atomic E-state index is 13.3. The van der Waals surface area contributed by atoms with Crippen molar-refractivity contribution in [1.82, 2.24) is 5.32 Å². The van der Waals surface area contributed by atoms with E-state index in [1.165, 1.54) is 18.2 Å². The van der Waals surface area contributed by atoms with Crippen molar-refractivity contribution in [3.8, 4) is 0 Å². The van der Waals surface area contributed by atoms with Gasteiger partial charge in [-0.15, -0.1) is 23.1 Å². The molecule has 30 heavy (non-hydrogen) atoms. The van der Waals surface area contributed by atoms with Crippen LogP contribution in [0.1, 0.15) is 0 Å². The number of halogens is 2. The molecule has 0 aliphatic rings. The molecule has 2 aromatic carbocycles. The Bertz CT molecular complexity index is 1070. The van der Waals surface area contributed by atoms with Crippen LogP contribution < -0.4 is 9.62 Å². The molecule has 1 heterocycles. The van der Waals surface area contributed by atoms with E-state index in [1.807, 2.05) is 12.1 Å². The van der Waals surface area contributed by atoms with Gasteiger partial charge >= 0.3 is 0 Å². The summed E-state index contributed by atoms with van der Waals surface area (Å²) in [6.45, 7) is -0.0418. The summed E-state index contributed by atoms with van der Waals surface area (Å²) in [5.41, 5.74) is 0.218. The molecule has 3 aromatic rings. The van der Waals surface area contributed by atoms with E-state index in [2.05, 4.69) is 5.32 Å². The summed E-state index contributed by atoms with van der Waals surface area (Å²) in [5.74, 6) is -0.325. The number of carbonyl (C=O) groups excluding carboxylic acids is 1. The zero-order valence-corrected chi connectivity index (χ0v) is 18.8. The van der Waals surface area contributed by atoms with Crippen LogP contribution in [0.2, 0.25) is 5.02 Å². The Hall–Kier alpha value is -2.07. The lowest BCUT2D eigenvalue weighted by molar-refractivity contribution is -0.119. The van der Waals surface area contributed by atoms with Gasteiger partial charge in [-0.05, 0) is 60.0 Å². The molecular weight excluding hydrogens is 467 g/mol. The second kappa shape index (κ2) is 10.3. The van der Waals surface area contributed by atoms with Gasteiger partial charge in [0.15, 0.2) is 0 Å². The largest absolute Gasteiger partial charge is 0.354 e. The molecule has 1 aromatic heterocycles. The minimum atomic E-state index is -3.95. The van der Waals surface area contributed by atoms with Gasteiger partial charge in [0, 0.05) is 22.2 Å². The number of benzene rings is 2. The Morgan fingerprint density at radius 2 is 1.80 bits per heavy atom. The molecule has 0 radical (unpaired) electrons. The van der Waals surface area contributed by atoms with Crippen molar-refractivity contribution in [3.05, 3.63) is 76.9 Å². The summed E-state index contributed by atoms with van der Waals surface area (Å²) in [5, 5.41) is 5.03. The normalized spacial score (nSPS) is 11.3. The molecule has 10 heteroatoms. The molecule has 0 atom stereocenters. The second-order valence-electron chi connectivity index (χ2n) is 6.07. The predicted octanol–water partition coefficient (Wildman–Crippen LogP) is 4.64. The third kappa shape index (κ3) is 5.98. The van der Waals surface area contributed by atoms with Crippen molar-refractivity contribution in [2.75, 3.05) is 23.1 Å². The monoisotopic (exact) mass is 484 g/mol. The van der Waals surface area contributed by atoms with E-state index in [9.17, 15) is 17.6 Å². The number of rotatable bonds is 9. The molecule has 0 spiro atoms. The van der Waals surface area contributed by atoms with Gasteiger partial charge in [-0.2, -0.15) is 0 Å². The minimum absolute atomic E-state index is 0.109. The molecule has 0 aliphatic carbocycles. The predicted molar refractivity (Wildman–Crippen MR) is 120 cm³/mol. The lowest BCUT2D eigenvalue weighted by Gasteiger charge is -2.23. The van der Waals surface area contributed by atoms with E-state index in [4.69, 9.17) is 11.6 Å². The highest BCUT2D eigenvalue weighted by molar-refractivity contribution is 7.99. The zero-order valence-electron chi connectivity index (χ0n) is 15.6. The molecular formula is C20H18ClFN2O3S3. The van der Waals surface area contributed by atoms with Crippen molar-refractivity contribution in [2.24, 2.45) is 0 Å². The van der Waals surface area contributed by atoms with E-state index >= 15 is 0 Å². The Balaban J connectivity index is 1.64. The van der Waals surface area contributed by atoms with Gasteiger partial charge in [0.1, 0.15) is 16.6 Å². The maximum absolute atomic E-state index is 13.3. The van der Waals surface area contributed by atoms with Crippen LogP contribution in [-0.2, 0) is 14.8 Å². The van der Waals surface area contributed by atoms with Crippen LogP contribution in [0.4, 0.5) is 10.1 Å². The maximum Gasteiger partial charge on any atom is 0.274 e. The van der Waals surface area contributed by atoms with Crippen molar-refractivity contribution < 1.29 is 17.6 Å².